The van der Waals surface area contributed by atoms with E-state index in [0.717, 1.165) is 10.9 Å². The molecule has 7 nitrogen and oxygen atoms in total. The number of aliphatic hydroxyl groups is 1. The van der Waals surface area contributed by atoms with Crippen LogP contribution in [0.2, 0.25) is 10.0 Å². The van der Waals surface area contributed by atoms with E-state index in [2.05, 4.69) is 20.4 Å². The Labute approximate surface area is 169 Å². The molecular weight excluding hydrogens is 403 g/mol. The van der Waals surface area contributed by atoms with Crippen LogP contribution in [0.15, 0.2) is 53.2 Å². The smallest absolute Gasteiger partial charge is 0.251 e. The summed E-state index contributed by atoms with van der Waals surface area (Å²) < 4.78 is 5.27. The number of H-pyrrole nitrogens is 1. The van der Waals surface area contributed by atoms with Crippen LogP contribution in [0.1, 0.15) is 22.3 Å². The van der Waals surface area contributed by atoms with Gasteiger partial charge in [-0.2, -0.15) is 4.98 Å². The molecule has 2 aromatic heterocycles. The van der Waals surface area contributed by atoms with Crippen molar-refractivity contribution in [2.75, 3.05) is 6.61 Å². The zero-order chi connectivity index (χ0) is 19.7. The Hall–Kier alpha value is -2.87. The topological polar surface area (TPSA) is 104 Å². The highest BCUT2D eigenvalue weighted by atomic mass is 35.5. The van der Waals surface area contributed by atoms with Crippen molar-refractivity contribution in [2.24, 2.45) is 0 Å². The first kappa shape index (κ1) is 18.5. The molecule has 1 amide bonds. The molecule has 0 aliphatic rings. The summed E-state index contributed by atoms with van der Waals surface area (Å²) >= 11 is 11.9. The monoisotopic (exact) mass is 416 g/mol. The Kier molecular flexibility index (Phi) is 5.04. The first-order valence-corrected chi connectivity index (χ1v) is 9.08. The van der Waals surface area contributed by atoms with Gasteiger partial charge in [0.05, 0.1) is 6.61 Å². The molecule has 9 heteroatoms. The van der Waals surface area contributed by atoms with Gasteiger partial charge < -0.3 is 19.9 Å². The highest BCUT2D eigenvalue weighted by Crippen LogP contribution is 2.29. The standard InChI is InChI=1S/C19H14Cl2N4O3/c20-11-3-1-10(2-4-11)18(27)23-16(9-26)19-24-17(25-28-19)14-8-22-15-6-5-12(21)7-13(14)15/h1-8,16,22,26H,9H2,(H,23,27)/t16-/m0/s1. The van der Waals surface area contributed by atoms with Gasteiger partial charge in [0, 0.05) is 38.3 Å². The van der Waals surface area contributed by atoms with Crippen LogP contribution in [0.5, 0.6) is 0 Å². The molecule has 2 heterocycles. The van der Waals surface area contributed by atoms with Gasteiger partial charge in [0.15, 0.2) is 0 Å². The minimum absolute atomic E-state index is 0.0937. The molecule has 0 saturated carbocycles. The third-order valence-corrected chi connectivity index (χ3v) is 4.71. The average Bonchev–Trinajstić information content (AvgIpc) is 3.33. The van der Waals surface area contributed by atoms with E-state index in [1.54, 1.807) is 42.6 Å². The molecule has 0 saturated heterocycles. The van der Waals surface area contributed by atoms with Gasteiger partial charge >= 0.3 is 0 Å². The van der Waals surface area contributed by atoms with E-state index in [0.29, 0.717) is 27.0 Å². The second kappa shape index (κ2) is 7.63. The van der Waals surface area contributed by atoms with Crippen LogP contribution < -0.4 is 5.32 Å². The molecule has 0 aliphatic carbocycles. The zero-order valence-electron chi connectivity index (χ0n) is 14.3. The third-order valence-electron chi connectivity index (χ3n) is 4.22. The van der Waals surface area contributed by atoms with Gasteiger partial charge in [-0.1, -0.05) is 28.4 Å². The molecule has 0 bridgehead atoms. The lowest BCUT2D eigenvalue weighted by Crippen LogP contribution is -2.31. The maximum atomic E-state index is 12.4. The predicted octanol–water partition coefficient (Wildman–Crippen LogP) is 3.99. The van der Waals surface area contributed by atoms with Gasteiger partial charge in [0.1, 0.15) is 6.04 Å². The van der Waals surface area contributed by atoms with E-state index in [1.807, 2.05) is 6.07 Å². The Morgan fingerprint density at radius 1 is 1.18 bits per heavy atom. The molecule has 142 valence electrons. The minimum Gasteiger partial charge on any atom is -0.394 e. The number of rotatable bonds is 5. The summed E-state index contributed by atoms with van der Waals surface area (Å²) in [4.78, 5) is 19.8. The number of halogens is 2. The highest BCUT2D eigenvalue weighted by Gasteiger charge is 2.22. The lowest BCUT2D eigenvalue weighted by Gasteiger charge is -2.12. The Morgan fingerprint density at radius 3 is 2.68 bits per heavy atom. The summed E-state index contributed by atoms with van der Waals surface area (Å²) in [5.74, 6) is 0.0215. The maximum absolute atomic E-state index is 12.4. The third kappa shape index (κ3) is 3.60. The fourth-order valence-corrected chi connectivity index (χ4v) is 3.09. The fourth-order valence-electron chi connectivity index (χ4n) is 2.79. The van der Waals surface area contributed by atoms with Crippen LogP contribution in [0.3, 0.4) is 0 Å². The number of aromatic amines is 1. The van der Waals surface area contributed by atoms with E-state index in [-0.39, 0.29) is 5.89 Å². The number of aliphatic hydroxyl groups excluding tert-OH is 1. The van der Waals surface area contributed by atoms with E-state index < -0.39 is 18.6 Å². The van der Waals surface area contributed by atoms with Crippen LogP contribution >= 0.6 is 23.2 Å². The number of nitrogens with zero attached hydrogens (tertiary/aromatic N) is 2. The quantitative estimate of drug-likeness (QED) is 0.456. The normalized spacial score (nSPS) is 12.2. The largest absolute Gasteiger partial charge is 0.394 e. The van der Waals surface area contributed by atoms with E-state index in [9.17, 15) is 9.90 Å². The number of benzene rings is 2. The first-order valence-electron chi connectivity index (χ1n) is 8.33. The second-order valence-electron chi connectivity index (χ2n) is 6.06. The number of amides is 1. The van der Waals surface area contributed by atoms with Crippen LogP contribution in [-0.4, -0.2) is 32.7 Å². The molecule has 3 N–H and O–H groups in total. The van der Waals surface area contributed by atoms with Gasteiger partial charge in [0.2, 0.25) is 5.82 Å². The summed E-state index contributed by atoms with van der Waals surface area (Å²) in [5, 5.41) is 18.3. The molecular formula is C19H14Cl2N4O3. The van der Waals surface area contributed by atoms with Gasteiger partial charge in [0.25, 0.3) is 11.8 Å². The van der Waals surface area contributed by atoms with Crippen molar-refractivity contribution >= 4 is 40.0 Å². The van der Waals surface area contributed by atoms with Crippen molar-refractivity contribution in [1.29, 1.82) is 0 Å². The zero-order valence-corrected chi connectivity index (χ0v) is 15.8. The number of hydrogen-bond donors (Lipinski definition) is 3. The Bertz CT molecular complexity index is 1140. The molecule has 0 radical (unpaired) electrons. The van der Waals surface area contributed by atoms with Gasteiger partial charge in [-0.05, 0) is 42.5 Å². The number of aromatic nitrogens is 3. The number of carbonyl (C=O) groups is 1. The SMILES string of the molecule is O=C(N[C@@H](CO)c1nc(-c2c[nH]c3ccc(Cl)cc23)no1)c1ccc(Cl)cc1. The highest BCUT2D eigenvalue weighted by molar-refractivity contribution is 6.31. The lowest BCUT2D eigenvalue weighted by atomic mass is 10.1. The number of hydrogen-bond acceptors (Lipinski definition) is 5. The molecule has 1 atom stereocenters. The first-order chi connectivity index (χ1) is 13.5. The molecule has 4 rings (SSSR count). The van der Waals surface area contributed by atoms with Crippen molar-refractivity contribution in [3.05, 3.63) is 70.2 Å². The number of fused-ring (bicyclic) bond motifs is 1. The number of carbonyl (C=O) groups excluding carboxylic acids is 1. The molecule has 0 spiro atoms. The summed E-state index contributed by atoms with van der Waals surface area (Å²) in [6.45, 7) is -0.402. The molecule has 0 fully saturated rings. The van der Waals surface area contributed by atoms with Crippen LogP contribution in [0.25, 0.3) is 22.3 Å². The van der Waals surface area contributed by atoms with Gasteiger partial charge in [-0.15, -0.1) is 0 Å². The van der Waals surface area contributed by atoms with Gasteiger partial charge in [-0.25, -0.2) is 0 Å². The van der Waals surface area contributed by atoms with E-state index in [1.165, 1.54) is 0 Å². The van der Waals surface area contributed by atoms with Crippen LogP contribution in [-0.2, 0) is 0 Å². The van der Waals surface area contributed by atoms with E-state index >= 15 is 0 Å². The lowest BCUT2D eigenvalue weighted by molar-refractivity contribution is 0.0901. The second-order valence-corrected chi connectivity index (χ2v) is 6.94. The predicted molar refractivity (Wildman–Crippen MR) is 105 cm³/mol. The summed E-state index contributed by atoms with van der Waals surface area (Å²) in [6, 6.07) is 11.0. The van der Waals surface area contributed by atoms with E-state index in [4.69, 9.17) is 27.7 Å². The Morgan fingerprint density at radius 2 is 1.93 bits per heavy atom. The maximum Gasteiger partial charge on any atom is 0.251 e. The minimum atomic E-state index is -0.849. The van der Waals surface area contributed by atoms with Crippen molar-refractivity contribution in [1.82, 2.24) is 20.4 Å². The molecule has 2 aromatic carbocycles. The van der Waals surface area contributed by atoms with Crippen LogP contribution in [0.4, 0.5) is 0 Å². The van der Waals surface area contributed by atoms with Crippen molar-refractivity contribution in [3.8, 4) is 11.4 Å². The summed E-state index contributed by atoms with van der Waals surface area (Å²) in [6.07, 6.45) is 1.75. The summed E-state index contributed by atoms with van der Waals surface area (Å²) in [5.41, 5.74) is 1.97. The van der Waals surface area contributed by atoms with Crippen LogP contribution in [0, 0.1) is 0 Å². The summed E-state index contributed by atoms with van der Waals surface area (Å²) in [7, 11) is 0. The average molecular weight is 417 g/mol. The molecule has 0 aliphatic heterocycles. The fraction of sp³-hybridized carbons (Fsp3) is 0.105. The van der Waals surface area contributed by atoms with Crippen molar-refractivity contribution in [2.45, 2.75) is 6.04 Å². The molecule has 4 aromatic rings. The molecule has 0 unspecified atom stereocenters. The Balaban J connectivity index is 1.58. The molecule has 28 heavy (non-hydrogen) atoms. The van der Waals surface area contributed by atoms with Gasteiger partial charge in [-0.3, -0.25) is 4.79 Å². The van der Waals surface area contributed by atoms with Crippen molar-refractivity contribution < 1.29 is 14.4 Å². The number of nitrogens with one attached hydrogen (secondary N) is 2. The van der Waals surface area contributed by atoms with Crippen molar-refractivity contribution in [3.63, 3.8) is 0 Å².